The van der Waals surface area contributed by atoms with Crippen LogP contribution in [0.4, 0.5) is 0 Å². The molecule has 0 amide bonds. The van der Waals surface area contributed by atoms with Gasteiger partial charge < -0.3 is 25.2 Å². The second-order valence-corrected chi connectivity index (χ2v) is 8.79. The zero-order valence-corrected chi connectivity index (χ0v) is 16.9. The van der Waals surface area contributed by atoms with Crippen molar-refractivity contribution in [2.24, 2.45) is 0 Å². The van der Waals surface area contributed by atoms with E-state index in [9.17, 15) is 25.2 Å². The molecule has 1 aliphatic heterocycles. The number of aliphatic hydroxyl groups excluding tert-OH is 2. The van der Waals surface area contributed by atoms with Gasteiger partial charge in [0.15, 0.2) is 5.78 Å². The number of carbonyl (C=O) groups is 1. The van der Waals surface area contributed by atoms with Crippen molar-refractivity contribution >= 4 is 5.78 Å². The molecule has 1 heterocycles. The van der Waals surface area contributed by atoms with E-state index in [1.54, 1.807) is 20.8 Å². The Morgan fingerprint density at radius 2 is 2.00 bits per heavy atom. The Morgan fingerprint density at radius 1 is 1.33 bits per heavy atom. The van der Waals surface area contributed by atoms with Crippen LogP contribution in [0.1, 0.15) is 72.6 Å². The molecule has 0 bridgehead atoms. The molecule has 2 aliphatic rings. The van der Waals surface area contributed by atoms with Crippen molar-refractivity contribution in [1.82, 2.24) is 0 Å². The predicted octanol–water partition coefficient (Wildman–Crippen LogP) is 2.14. The Kier molecular flexibility index (Phi) is 6.90. The topological polar surface area (TPSA) is 107 Å². The number of ketones is 1. The van der Waals surface area contributed by atoms with Crippen LogP contribution in [0.2, 0.25) is 0 Å². The van der Waals surface area contributed by atoms with Crippen LogP contribution in [-0.2, 0) is 9.53 Å². The highest BCUT2D eigenvalue weighted by Gasteiger charge is 2.43. The minimum absolute atomic E-state index is 0.268. The minimum Gasteiger partial charge on any atom is -0.491 e. The van der Waals surface area contributed by atoms with Crippen LogP contribution in [0.15, 0.2) is 23.0 Å². The highest BCUT2D eigenvalue weighted by molar-refractivity contribution is 6.00. The molecule has 0 saturated carbocycles. The summed E-state index contributed by atoms with van der Waals surface area (Å²) in [6.07, 6.45) is 3.40. The summed E-state index contributed by atoms with van der Waals surface area (Å²) in [5.74, 6) is 0.360. The summed E-state index contributed by atoms with van der Waals surface area (Å²) >= 11 is 0. The number of ether oxygens (including phenoxy) is 1. The van der Waals surface area contributed by atoms with Gasteiger partial charge in [-0.25, -0.2) is 0 Å². The number of hydrogen-bond donors (Lipinski definition) is 4. The van der Waals surface area contributed by atoms with Crippen molar-refractivity contribution in [3.63, 3.8) is 0 Å². The Bertz CT molecular complexity index is 611. The summed E-state index contributed by atoms with van der Waals surface area (Å²) in [7, 11) is 0. The van der Waals surface area contributed by atoms with Gasteiger partial charge in [0.25, 0.3) is 0 Å². The number of hydrogen-bond acceptors (Lipinski definition) is 6. The zero-order valence-electron chi connectivity index (χ0n) is 16.9. The minimum atomic E-state index is -1.11. The molecule has 0 saturated heterocycles. The summed E-state index contributed by atoms with van der Waals surface area (Å²) in [5.41, 5.74) is -0.559. The first-order valence-corrected chi connectivity index (χ1v) is 9.81. The maximum atomic E-state index is 12.1. The van der Waals surface area contributed by atoms with Crippen molar-refractivity contribution in [1.29, 1.82) is 0 Å². The van der Waals surface area contributed by atoms with Crippen molar-refractivity contribution in [3.05, 3.63) is 23.0 Å². The lowest BCUT2D eigenvalue weighted by Gasteiger charge is -2.30. The fraction of sp³-hybridized carbons (Fsp3) is 0.762. The average Bonchev–Trinajstić information content (AvgIpc) is 3.01. The molecular formula is C21H34O6. The molecule has 0 spiro atoms. The van der Waals surface area contributed by atoms with E-state index in [1.807, 2.05) is 13.0 Å². The highest BCUT2D eigenvalue weighted by atomic mass is 16.5. The van der Waals surface area contributed by atoms with Crippen LogP contribution in [0.5, 0.6) is 0 Å². The molecule has 0 aromatic carbocycles. The van der Waals surface area contributed by atoms with E-state index in [2.05, 4.69) is 0 Å². The second-order valence-electron chi connectivity index (χ2n) is 8.79. The molecule has 0 aromatic rings. The SMILES string of the molecule is C/C(=C\CCC(C)(O)[C@@H]1CC2=C(CC[C@@H](O)C2=O)O1)CC[C@@H](O)C(C)(C)O. The van der Waals surface area contributed by atoms with Crippen molar-refractivity contribution < 1.29 is 30.0 Å². The van der Waals surface area contributed by atoms with Gasteiger partial charge in [0, 0.05) is 18.4 Å². The lowest BCUT2D eigenvalue weighted by Crippen LogP contribution is -2.39. The number of Topliss-reactive ketones (excluding diaryl/α,β-unsaturated/α-hetero) is 1. The van der Waals surface area contributed by atoms with Gasteiger partial charge in [-0.3, -0.25) is 4.79 Å². The van der Waals surface area contributed by atoms with E-state index >= 15 is 0 Å². The van der Waals surface area contributed by atoms with Gasteiger partial charge in [0.05, 0.1) is 17.3 Å². The monoisotopic (exact) mass is 382 g/mol. The summed E-state index contributed by atoms with van der Waals surface area (Å²) in [6.45, 7) is 6.87. The van der Waals surface area contributed by atoms with Crippen molar-refractivity contribution in [3.8, 4) is 0 Å². The first kappa shape index (κ1) is 22.1. The molecule has 0 fully saturated rings. The number of allylic oxidation sites excluding steroid dienone is 3. The largest absolute Gasteiger partial charge is 0.491 e. The third-order valence-electron chi connectivity index (χ3n) is 5.72. The lowest BCUT2D eigenvalue weighted by atomic mass is 9.86. The smallest absolute Gasteiger partial charge is 0.190 e. The molecule has 0 aromatic heterocycles. The predicted molar refractivity (Wildman–Crippen MR) is 102 cm³/mol. The molecule has 1 aliphatic carbocycles. The average molecular weight is 382 g/mol. The molecular weight excluding hydrogens is 348 g/mol. The van der Waals surface area contributed by atoms with Gasteiger partial charge in [-0.05, 0) is 59.8 Å². The van der Waals surface area contributed by atoms with Crippen LogP contribution in [0.25, 0.3) is 0 Å². The number of carbonyl (C=O) groups excluding carboxylic acids is 1. The molecule has 27 heavy (non-hydrogen) atoms. The lowest BCUT2D eigenvalue weighted by molar-refractivity contribution is -0.124. The van der Waals surface area contributed by atoms with Crippen LogP contribution >= 0.6 is 0 Å². The van der Waals surface area contributed by atoms with E-state index < -0.39 is 29.5 Å². The Morgan fingerprint density at radius 3 is 2.63 bits per heavy atom. The van der Waals surface area contributed by atoms with Crippen LogP contribution < -0.4 is 0 Å². The van der Waals surface area contributed by atoms with Gasteiger partial charge in [-0.15, -0.1) is 0 Å². The second kappa shape index (κ2) is 8.43. The first-order chi connectivity index (χ1) is 12.4. The fourth-order valence-electron chi connectivity index (χ4n) is 3.57. The molecule has 1 unspecified atom stereocenters. The van der Waals surface area contributed by atoms with Gasteiger partial charge in [-0.2, -0.15) is 0 Å². The molecule has 6 nitrogen and oxygen atoms in total. The Labute approximate surface area is 161 Å². The molecule has 154 valence electrons. The third kappa shape index (κ3) is 5.64. The molecule has 4 atom stereocenters. The summed E-state index contributed by atoms with van der Waals surface area (Å²) < 4.78 is 5.84. The van der Waals surface area contributed by atoms with Gasteiger partial charge in [-0.1, -0.05) is 11.6 Å². The quantitative estimate of drug-likeness (QED) is 0.479. The van der Waals surface area contributed by atoms with E-state index in [0.29, 0.717) is 56.3 Å². The molecule has 2 rings (SSSR count). The first-order valence-electron chi connectivity index (χ1n) is 9.81. The number of rotatable bonds is 8. The normalized spacial score (nSPS) is 27.3. The maximum Gasteiger partial charge on any atom is 0.190 e. The van der Waals surface area contributed by atoms with Gasteiger partial charge >= 0.3 is 0 Å². The summed E-state index contributed by atoms with van der Waals surface area (Å²) in [4.78, 5) is 12.1. The van der Waals surface area contributed by atoms with E-state index in [0.717, 1.165) is 5.57 Å². The molecule has 6 heteroatoms. The van der Waals surface area contributed by atoms with E-state index in [4.69, 9.17) is 4.74 Å². The Balaban J connectivity index is 1.82. The number of aliphatic hydroxyl groups is 4. The van der Waals surface area contributed by atoms with E-state index in [1.165, 1.54) is 0 Å². The van der Waals surface area contributed by atoms with Crippen LogP contribution in [0.3, 0.4) is 0 Å². The van der Waals surface area contributed by atoms with Crippen molar-refractivity contribution in [2.45, 2.75) is 102 Å². The molecule has 0 radical (unpaired) electrons. The summed E-state index contributed by atoms with van der Waals surface area (Å²) in [5, 5.41) is 40.2. The third-order valence-corrected chi connectivity index (χ3v) is 5.72. The van der Waals surface area contributed by atoms with Crippen LogP contribution in [0, 0.1) is 0 Å². The highest BCUT2D eigenvalue weighted by Crippen LogP contribution is 2.39. The van der Waals surface area contributed by atoms with Gasteiger partial charge in [0.2, 0.25) is 0 Å². The maximum absolute atomic E-state index is 12.1. The zero-order chi connectivity index (χ0) is 20.4. The van der Waals surface area contributed by atoms with Crippen molar-refractivity contribution in [2.75, 3.05) is 0 Å². The van der Waals surface area contributed by atoms with E-state index in [-0.39, 0.29) is 5.78 Å². The molecule has 4 N–H and O–H groups in total. The Hall–Kier alpha value is -1.21. The fourth-order valence-corrected chi connectivity index (χ4v) is 3.57. The van der Waals surface area contributed by atoms with Gasteiger partial charge in [0.1, 0.15) is 18.0 Å². The summed E-state index contributed by atoms with van der Waals surface area (Å²) in [6, 6.07) is 0. The van der Waals surface area contributed by atoms with Crippen LogP contribution in [-0.4, -0.2) is 55.7 Å². The standard InChI is InChI=1S/C21H34O6/c1-13(7-10-17(23)20(2,3)25)6-5-11-21(4,26)18-12-14-16(27-18)9-8-15(22)19(14)24/h6,15,17-18,22-23,25-26H,5,7-12H2,1-4H3/b13-6+/t15-,17-,18+,21?/m1/s1.